The van der Waals surface area contributed by atoms with Crippen LogP contribution in [0.1, 0.15) is 11.1 Å². The van der Waals surface area contributed by atoms with Crippen molar-refractivity contribution in [1.82, 2.24) is 0 Å². The van der Waals surface area contributed by atoms with Gasteiger partial charge < -0.3 is 5.73 Å². The van der Waals surface area contributed by atoms with Crippen molar-refractivity contribution in [3.8, 4) is 0 Å². The smallest absolute Gasteiger partial charge is 0.387 e. The summed E-state index contributed by atoms with van der Waals surface area (Å²) in [6.07, 6.45) is -4.55. The van der Waals surface area contributed by atoms with E-state index in [0.29, 0.717) is 0 Å². The molecule has 3 N–H and O–H groups in total. The average Bonchev–Trinajstić information content (AvgIpc) is 2.01. The molecule has 0 radical (unpaired) electrons. The fraction of sp³-hybridized carbons (Fsp3) is 0.222. The fourth-order valence-electron chi connectivity index (χ4n) is 1.16. The van der Waals surface area contributed by atoms with Crippen LogP contribution in [0.25, 0.3) is 0 Å². The third-order valence-electron chi connectivity index (χ3n) is 1.70. The molecule has 0 heterocycles. The molecule has 84 valence electrons. The molecule has 0 bridgehead atoms. The maximum absolute atomic E-state index is 12.4. The Hall–Kier alpha value is -1.23. The van der Waals surface area contributed by atoms with Crippen molar-refractivity contribution in [3.63, 3.8) is 0 Å². The number of amidine groups is 1. The number of hydrogen-bond acceptors (Lipinski definition) is 1. The summed E-state index contributed by atoms with van der Waals surface area (Å²) in [5.41, 5.74) is 4.36. The molecule has 0 unspecified atom stereocenters. The number of nitrogens with one attached hydrogen (secondary N) is 1. The van der Waals surface area contributed by atoms with Gasteiger partial charge in [0.15, 0.2) is 0 Å². The van der Waals surface area contributed by atoms with Crippen LogP contribution in [0, 0.1) is 5.41 Å². The lowest BCUT2D eigenvalue weighted by Gasteiger charge is -2.11. The predicted molar refractivity (Wildman–Crippen MR) is 54.3 cm³/mol. The summed E-state index contributed by atoms with van der Waals surface area (Å²) >= 11 is 0. The zero-order valence-corrected chi connectivity index (χ0v) is 8.45. The Labute approximate surface area is 91.2 Å². The van der Waals surface area contributed by atoms with Gasteiger partial charge in [-0.15, -0.1) is 12.4 Å². The molecule has 1 aromatic rings. The van der Waals surface area contributed by atoms with Gasteiger partial charge in [-0.05, 0) is 11.6 Å². The molecule has 15 heavy (non-hydrogen) atoms. The Morgan fingerprint density at radius 2 is 1.80 bits per heavy atom. The number of alkyl halides is 3. The van der Waals surface area contributed by atoms with E-state index in [4.69, 9.17) is 11.1 Å². The molecule has 0 saturated heterocycles. The van der Waals surface area contributed by atoms with Gasteiger partial charge in [0.25, 0.3) is 0 Å². The molecule has 0 aliphatic heterocycles. The molecule has 0 spiro atoms. The largest absolute Gasteiger partial charge is 0.416 e. The lowest BCUT2D eigenvalue weighted by Crippen LogP contribution is -2.17. The fourth-order valence-corrected chi connectivity index (χ4v) is 1.16. The van der Waals surface area contributed by atoms with E-state index < -0.39 is 11.7 Å². The second-order valence-electron chi connectivity index (χ2n) is 2.86. The Balaban J connectivity index is 0.00000196. The normalized spacial score (nSPS) is 10.6. The maximum atomic E-state index is 12.4. The summed E-state index contributed by atoms with van der Waals surface area (Å²) in [4.78, 5) is 0. The summed E-state index contributed by atoms with van der Waals surface area (Å²) in [5.74, 6) is -0.276. The molecule has 0 atom stereocenters. The lowest BCUT2D eigenvalue weighted by atomic mass is 10.0. The van der Waals surface area contributed by atoms with E-state index in [2.05, 4.69) is 0 Å². The molecule has 0 saturated carbocycles. The SMILES string of the molecule is Cl.N=C(N)Cc1ccccc1C(F)(F)F. The highest BCUT2D eigenvalue weighted by Crippen LogP contribution is 2.31. The monoisotopic (exact) mass is 238 g/mol. The minimum absolute atomic E-state index is 0. The quantitative estimate of drug-likeness (QED) is 0.604. The lowest BCUT2D eigenvalue weighted by molar-refractivity contribution is -0.138. The third kappa shape index (κ3) is 3.79. The molecule has 0 fully saturated rings. The maximum Gasteiger partial charge on any atom is 0.416 e. The van der Waals surface area contributed by atoms with Crippen molar-refractivity contribution in [1.29, 1.82) is 5.41 Å². The standard InChI is InChI=1S/C9H9F3N2.ClH/c10-9(11,12)7-4-2-1-3-6(7)5-8(13)14;/h1-4H,5H2,(H3,13,14);1H. The van der Waals surface area contributed by atoms with Crippen LogP contribution in [0.5, 0.6) is 0 Å². The van der Waals surface area contributed by atoms with Crippen LogP contribution in [0.2, 0.25) is 0 Å². The second-order valence-corrected chi connectivity index (χ2v) is 2.86. The molecule has 1 rings (SSSR count). The van der Waals surface area contributed by atoms with E-state index in [1.165, 1.54) is 18.2 Å². The van der Waals surface area contributed by atoms with E-state index in [9.17, 15) is 13.2 Å². The van der Waals surface area contributed by atoms with Crippen LogP contribution in [0.15, 0.2) is 24.3 Å². The number of nitrogens with two attached hydrogens (primary N) is 1. The van der Waals surface area contributed by atoms with Crippen LogP contribution < -0.4 is 5.73 Å². The minimum Gasteiger partial charge on any atom is -0.387 e. The number of benzene rings is 1. The highest BCUT2D eigenvalue weighted by atomic mass is 35.5. The summed E-state index contributed by atoms with van der Waals surface area (Å²) in [7, 11) is 0. The van der Waals surface area contributed by atoms with Gasteiger partial charge in [-0.3, -0.25) is 5.41 Å². The molecule has 2 nitrogen and oxygen atoms in total. The Bertz CT molecular complexity index is 349. The molecular weight excluding hydrogens is 229 g/mol. The van der Waals surface area contributed by atoms with E-state index in [0.717, 1.165) is 6.07 Å². The average molecular weight is 239 g/mol. The van der Waals surface area contributed by atoms with Crippen molar-refractivity contribution in [2.75, 3.05) is 0 Å². The van der Waals surface area contributed by atoms with E-state index >= 15 is 0 Å². The van der Waals surface area contributed by atoms with Crippen molar-refractivity contribution < 1.29 is 13.2 Å². The van der Waals surface area contributed by atoms with Gasteiger partial charge in [0.1, 0.15) is 0 Å². The van der Waals surface area contributed by atoms with Gasteiger partial charge in [0, 0.05) is 6.42 Å². The van der Waals surface area contributed by atoms with Gasteiger partial charge in [0.2, 0.25) is 0 Å². The van der Waals surface area contributed by atoms with Gasteiger partial charge in [-0.2, -0.15) is 13.2 Å². The summed E-state index contributed by atoms with van der Waals surface area (Å²) < 4.78 is 37.2. The highest BCUT2D eigenvalue weighted by Gasteiger charge is 2.32. The van der Waals surface area contributed by atoms with Gasteiger partial charge in [-0.25, -0.2) is 0 Å². The summed E-state index contributed by atoms with van der Waals surface area (Å²) in [6.45, 7) is 0. The van der Waals surface area contributed by atoms with Crippen molar-refractivity contribution >= 4 is 18.2 Å². The Morgan fingerprint density at radius 1 is 1.27 bits per heavy atom. The topological polar surface area (TPSA) is 49.9 Å². The van der Waals surface area contributed by atoms with Crippen LogP contribution >= 0.6 is 12.4 Å². The van der Waals surface area contributed by atoms with Crippen LogP contribution in [-0.4, -0.2) is 5.84 Å². The van der Waals surface area contributed by atoms with E-state index in [-0.39, 0.29) is 30.2 Å². The number of rotatable bonds is 2. The summed E-state index contributed by atoms with van der Waals surface area (Å²) in [5, 5.41) is 6.94. The Kier molecular flexibility index (Phi) is 4.61. The predicted octanol–water partition coefficient (Wildman–Crippen LogP) is 2.61. The first-order valence-electron chi connectivity index (χ1n) is 3.89. The molecule has 1 aromatic carbocycles. The van der Waals surface area contributed by atoms with Crippen LogP contribution in [-0.2, 0) is 12.6 Å². The van der Waals surface area contributed by atoms with E-state index in [1.807, 2.05) is 0 Å². The molecule has 0 aliphatic rings. The zero-order valence-electron chi connectivity index (χ0n) is 7.64. The second kappa shape index (κ2) is 5.02. The minimum atomic E-state index is -4.38. The van der Waals surface area contributed by atoms with Crippen LogP contribution in [0.3, 0.4) is 0 Å². The first-order valence-corrected chi connectivity index (χ1v) is 3.89. The Morgan fingerprint density at radius 3 is 2.27 bits per heavy atom. The van der Waals surface area contributed by atoms with E-state index in [1.54, 1.807) is 0 Å². The highest BCUT2D eigenvalue weighted by molar-refractivity contribution is 5.85. The number of hydrogen-bond donors (Lipinski definition) is 2. The molecule has 6 heteroatoms. The summed E-state index contributed by atoms with van der Waals surface area (Å²) in [6, 6.07) is 5.11. The number of halogens is 4. The van der Waals surface area contributed by atoms with Gasteiger partial charge >= 0.3 is 6.18 Å². The molecular formula is C9H10ClF3N2. The molecule has 0 aliphatic carbocycles. The van der Waals surface area contributed by atoms with Crippen LogP contribution in [0.4, 0.5) is 13.2 Å². The van der Waals surface area contributed by atoms with Crippen molar-refractivity contribution in [3.05, 3.63) is 35.4 Å². The molecule has 0 aromatic heterocycles. The zero-order chi connectivity index (χ0) is 10.8. The molecule has 0 amide bonds. The first-order chi connectivity index (χ1) is 6.41. The van der Waals surface area contributed by atoms with Crippen molar-refractivity contribution in [2.24, 2.45) is 5.73 Å². The van der Waals surface area contributed by atoms with Gasteiger partial charge in [0.05, 0.1) is 11.4 Å². The third-order valence-corrected chi connectivity index (χ3v) is 1.70. The van der Waals surface area contributed by atoms with Crippen molar-refractivity contribution in [2.45, 2.75) is 12.6 Å². The van der Waals surface area contributed by atoms with Gasteiger partial charge in [-0.1, -0.05) is 18.2 Å². The first kappa shape index (κ1) is 13.8.